The molecule has 5 nitrogen and oxygen atoms in total. The monoisotopic (exact) mass is 399 g/mol. The Hall–Kier alpha value is -3.42. The number of rotatable bonds is 4. The molecular weight excluding hydrogens is 383 g/mol. The lowest BCUT2D eigenvalue weighted by atomic mass is 10.0. The highest BCUT2D eigenvalue weighted by Gasteiger charge is 2.56. The third kappa shape index (κ3) is 3.65. The van der Waals surface area contributed by atoms with Gasteiger partial charge in [0.15, 0.2) is 0 Å². The van der Waals surface area contributed by atoms with E-state index in [1.165, 1.54) is 12.1 Å². The highest BCUT2D eigenvalue weighted by Crippen LogP contribution is 2.47. The van der Waals surface area contributed by atoms with Crippen LogP contribution in [0.25, 0.3) is 10.9 Å². The number of aromatic nitrogens is 1. The number of benzene rings is 2. The first kappa shape index (κ1) is 18.9. The van der Waals surface area contributed by atoms with Gasteiger partial charge in [-0.1, -0.05) is 18.2 Å². The van der Waals surface area contributed by atoms with E-state index in [0.29, 0.717) is 24.0 Å². The minimum absolute atomic E-state index is 0.203. The Labute approximate surface area is 163 Å². The molecule has 1 heterocycles. The normalized spacial score (nSPS) is 15.0. The molecule has 1 aromatic heterocycles. The number of pyridine rings is 1. The van der Waals surface area contributed by atoms with Gasteiger partial charge in [-0.3, -0.25) is 14.6 Å². The maximum absolute atomic E-state index is 12.8. The van der Waals surface area contributed by atoms with E-state index in [0.717, 1.165) is 17.5 Å². The summed E-state index contributed by atoms with van der Waals surface area (Å²) in [4.78, 5) is 29.7. The average Bonchev–Trinajstić information content (AvgIpc) is 3.50. The van der Waals surface area contributed by atoms with Crippen LogP contribution < -0.4 is 10.6 Å². The van der Waals surface area contributed by atoms with Crippen LogP contribution in [-0.2, 0) is 15.8 Å². The molecule has 8 heteroatoms. The SMILES string of the molecule is O=C(Nc1ccc(C(F)(F)F)cc1)C1(C(=O)Nc2cccc3cccnc23)CC1. The molecular formula is C21H16F3N3O2. The van der Waals surface area contributed by atoms with Crippen LogP contribution in [0.3, 0.4) is 0 Å². The molecule has 0 saturated heterocycles. The van der Waals surface area contributed by atoms with Gasteiger partial charge in [-0.25, -0.2) is 0 Å². The number of hydrogen-bond donors (Lipinski definition) is 2. The minimum atomic E-state index is -4.45. The largest absolute Gasteiger partial charge is 0.416 e. The predicted octanol–water partition coefficient (Wildman–Crippen LogP) is 4.61. The number of carbonyl (C=O) groups excluding carboxylic acids is 2. The fourth-order valence-corrected chi connectivity index (χ4v) is 3.12. The molecule has 4 rings (SSSR count). The lowest BCUT2D eigenvalue weighted by Crippen LogP contribution is -2.35. The van der Waals surface area contributed by atoms with Crippen molar-refractivity contribution in [2.75, 3.05) is 10.6 Å². The van der Waals surface area contributed by atoms with Crippen LogP contribution in [0.15, 0.2) is 60.8 Å². The van der Waals surface area contributed by atoms with E-state index < -0.39 is 29.0 Å². The number of carbonyl (C=O) groups is 2. The molecule has 0 unspecified atom stereocenters. The van der Waals surface area contributed by atoms with Gasteiger partial charge in [-0.05, 0) is 49.2 Å². The Morgan fingerprint density at radius 2 is 1.55 bits per heavy atom. The van der Waals surface area contributed by atoms with Gasteiger partial charge in [-0.2, -0.15) is 13.2 Å². The summed E-state index contributed by atoms with van der Waals surface area (Å²) in [5, 5.41) is 6.17. The molecule has 3 aromatic rings. The summed E-state index contributed by atoms with van der Waals surface area (Å²) in [6.45, 7) is 0. The maximum atomic E-state index is 12.8. The summed E-state index contributed by atoms with van der Waals surface area (Å²) in [7, 11) is 0. The zero-order valence-corrected chi connectivity index (χ0v) is 15.1. The van der Waals surface area contributed by atoms with Crippen LogP contribution in [0.2, 0.25) is 0 Å². The van der Waals surface area contributed by atoms with Crippen molar-refractivity contribution in [3.05, 3.63) is 66.4 Å². The summed E-state index contributed by atoms with van der Waals surface area (Å²) < 4.78 is 38.0. The van der Waals surface area contributed by atoms with Crippen LogP contribution in [0.5, 0.6) is 0 Å². The second kappa shape index (κ2) is 6.88. The molecule has 0 aliphatic heterocycles. The summed E-state index contributed by atoms with van der Waals surface area (Å²) in [5.74, 6) is -0.997. The molecule has 1 fully saturated rings. The molecule has 2 amide bonds. The van der Waals surface area contributed by atoms with Crippen LogP contribution >= 0.6 is 0 Å². The zero-order valence-electron chi connectivity index (χ0n) is 15.1. The lowest BCUT2D eigenvalue weighted by Gasteiger charge is -2.16. The van der Waals surface area contributed by atoms with Gasteiger partial charge < -0.3 is 10.6 Å². The van der Waals surface area contributed by atoms with E-state index in [1.54, 1.807) is 24.4 Å². The topological polar surface area (TPSA) is 71.1 Å². The van der Waals surface area contributed by atoms with Crippen LogP contribution in [0, 0.1) is 5.41 Å². The van der Waals surface area contributed by atoms with Gasteiger partial charge in [-0.15, -0.1) is 0 Å². The molecule has 0 spiro atoms. The van der Waals surface area contributed by atoms with Crippen molar-refractivity contribution < 1.29 is 22.8 Å². The Morgan fingerprint density at radius 1 is 0.897 bits per heavy atom. The van der Waals surface area contributed by atoms with Crippen molar-refractivity contribution in [2.24, 2.45) is 5.41 Å². The lowest BCUT2D eigenvalue weighted by molar-refractivity contribution is -0.137. The van der Waals surface area contributed by atoms with Crippen molar-refractivity contribution in [1.82, 2.24) is 4.98 Å². The summed E-state index contributed by atoms with van der Waals surface area (Å²) >= 11 is 0. The second-order valence-corrected chi connectivity index (χ2v) is 6.95. The van der Waals surface area contributed by atoms with E-state index in [2.05, 4.69) is 15.6 Å². The smallest absolute Gasteiger partial charge is 0.325 e. The fourth-order valence-electron chi connectivity index (χ4n) is 3.12. The molecule has 2 aromatic carbocycles. The number of fused-ring (bicyclic) bond motifs is 1. The van der Waals surface area contributed by atoms with E-state index in [4.69, 9.17) is 0 Å². The van der Waals surface area contributed by atoms with Crippen LogP contribution in [0.1, 0.15) is 18.4 Å². The molecule has 0 radical (unpaired) electrons. The number of para-hydroxylation sites is 1. The van der Waals surface area contributed by atoms with E-state index in [1.807, 2.05) is 12.1 Å². The molecule has 0 bridgehead atoms. The second-order valence-electron chi connectivity index (χ2n) is 6.95. The van der Waals surface area contributed by atoms with Gasteiger partial charge in [0.2, 0.25) is 11.8 Å². The number of hydrogen-bond acceptors (Lipinski definition) is 3. The third-order valence-corrected chi connectivity index (χ3v) is 4.97. The van der Waals surface area contributed by atoms with Crippen molar-refractivity contribution in [3.63, 3.8) is 0 Å². The fraction of sp³-hybridized carbons (Fsp3) is 0.190. The van der Waals surface area contributed by atoms with Gasteiger partial charge in [0.05, 0.1) is 16.8 Å². The Morgan fingerprint density at radius 3 is 2.21 bits per heavy atom. The number of nitrogens with one attached hydrogen (secondary N) is 2. The van der Waals surface area contributed by atoms with Crippen molar-refractivity contribution in [3.8, 4) is 0 Å². The molecule has 0 atom stereocenters. The van der Waals surface area contributed by atoms with E-state index >= 15 is 0 Å². The number of amides is 2. The average molecular weight is 399 g/mol. The quantitative estimate of drug-likeness (QED) is 0.630. The third-order valence-electron chi connectivity index (χ3n) is 4.97. The first-order valence-corrected chi connectivity index (χ1v) is 8.93. The van der Waals surface area contributed by atoms with Gasteiger partial charge in [0, 0.05) is 17.3 Å². The number of nitrogens with zero attached hydrogens (tertiary/aromatic N) is 1. The zero-order chi connectivity index (χ0) is 20.6. The summed E-state index contributed by atoms with van der Waals surface area (Å²) in [6.07, 6.45) is -2.11. The Balaban J connectivity index is 1.49. The number of alkyl halides is 3. The van der Waals surface area contributed by atoms with Crippen molar-refractivity contribution in [2.45, 2.75) is 19.0 Å². The number of halogens is 3. The van der Waals surface area contributed by atoms with Crippen molar-refractivity contribution in [1.29, 1.82) is 0 Å². The number of anilines is 2. The van der Waals surface area contributed by atoms with Gasteiger partial charge in [0.25, 0.3) is 0 Å². The Bertz CT molecular complexity index is 1090. The van der Waals surface area contributed by atoms with Crippen LogP contribution in [0.4, 0.5) is 24.5 Å². The first-order chi connectivity index (χ1) is 13.8. The molecule has 1 saturated carbocycles. The van der Waals surface area contributed by atoms with Gasteiger partial charge in [0.1, 0.15) is 5.41 Å². The Kier molecular flexibility index (Phi) is 4.49. The van der Waals surface area contributed by atoms with Gasteiger partial charge >= 0.3 is 6.18 Å². The van der Waals surface area contributed by atoms with E-state index in [-0.39, 0.29) is 5.69 Å². The molecule has 29 heavy (non-hydrogen) atoms. The summed E-state index contributed by atoms with van der Waals surface area (Å²) in [6, 6.07) is 13.1. The first-order valence-electron chi connectivity index (χ1n) is 8.93. The van der Waals surface area contributed by atoms with E-state index in [9.17, 15) is 22.8 Å². The highest BCUT2D eigenvalue weighted by atomic mass is 19.4. The predicted molar refractivity (Wildman–Crippen MR) is 102 cm³/mol. The molecule has 2 N–H and O–H groups in total. The summed E-state index contributed by atoms with van der Waals surface area (Å²) in [5.41, 5.74) is -0.727. The standard InChI is InChI=1S/C21H16F3N3O2/c22-21(23,24)14-6-8-15(9-7-14)26-18(28)20(10-11-20)19(29)27-16-5-1-3-13-4-2-12-25-17(13)16/h1-9,12H,10-11H2,(H,26,28)(H,27,29). The molecule has 1 aliphatic carbocycles. The van der Waals surface area contributed by atoms with Crippen LogP contribution in [-0.4, -0.2) is 16.8 Å². The molecule has 148 valence electrons. The minimum Gasteiger partial charge on any atom is -0.325 e. The van der Waals surface area contributed by atoms with Crippen molar-refractivity contribution >= 4 is 34.1 Å². The maximum Gasteiger partial charge on any atom is 0.416 e. The molecule has 1 aliphatic rings. The highest BCUT2D eigenvalue weighted by molar-refractivity contribution is 6.18.